The maximum absolute atomic E-state index is 13.4. The van der Waals surface area contributed by atoms with Gasteiger partial charge in [-0.3, -0.25) is 9.59 Å². The number of rotatable bonds is 10. The van der Waals surface area contributed by atoms with E-state index in [0.717, 1.165) is 22.9 Å². The van der Waals surface area contributed by atoms with E-state index in [1.54, 1.807) is 24.3 Å². The lowest BCUT2D eigenvalue weighted by atomic mass is 10.2. The Morgan fingerprint density at radius 1 is 1.18 bits per heavy atom. The van der Waals surface area contributed by atoms with Gasteiger partial charge in [0.05, 0.1) is 24.2 Å². The van der Waals surface area contributed by atoms with Crippen molar-refractivity contribution < 1.29 is 14.3 Å². The highest BCUT2D eigenvalue weighted by Gasteiger charge is 2.16. The van der Waals surface area contributed by atoms with Gasteiger partial charge in [-0.05, 0) is 49.7 Å². The fourth-order valence-corrected chi connectivity index (χ4v) is 4.47. The van der Waals surface area contributed by atoms with Gasteiger partial charge in [0.1, 0.15) is 5.82 Å². The number of ether oxygens (including phenoxy) is 2. The van der Waals surface area contributed by atoms with Gasteiger partial charge in [0, 0.05) is 33.2 Å². The van der Waals surface area contributed by atoms with Crippen LogP contribution in [0.3, 0.4) is 0 Å². The zero-order valence-corrected chi connectivity index (χ0v) is 24.2. The summed E-state index contributed by atoms with van der Waals surface area (Å²) in [4.78, 5) is 30.7. The van der Waals surface area contributed by atoms with E-state index in [0.29, 0.717) is 45.2 Å². The number of benzene rings is 3. The molecule has 4 rings (SSSR count). The van der Waals surface area contributed by atoms with Crippen molar-refractivity contribution in [3.63, 3.8) is 0 Å². The van der Waals surface area contributed by atoms with Crippen LogP contribution in [0, 0.1) is 6.92 Å². The molecule has 10 heteroatoms. The SMILES string of the molecule is CCCCc1nc2ccc(Br)cc2c(=O)n1N=Cc1cc(Cl)cc(OC)c1OCC(=O)Nc1ccc(C)cc1. The number of hydrogen-bond donors (Lipinski definition) is 1. The molecule has 0 bridgehead atoms. The normalized spacial score (nSPS) is 11.2. The lowest BCUT2D eigenvalue weighted by Gasteiger charge is -2.14. The van der Waals surface area contributed by atoms with Gasteiger partial charge < -0.3 is 14.8 Å². The first-order chi connectivity index (χ1) is 18.8. The number of aromatic nitrogens is 2. The first-order valence-electron chi connectivity index (χ1n) is 12.4. The first-order valence-corrected chi connectivity index (χ1v) is 13.6. The minimum atomic E-state index is -0.346. The molecule has 0 unspecified atom stereocenters. The molecule has 0 aliphatic carbocycles. The summed E-state index contributed by atoms with van der Waals surface area (Å²) in [6.07, 6.45) is 3.83. The average Bonchev–Trinajstić information content (AvgIpc) is 2.92. The molecule has 0 aliphatic rings. The molecule has 1 N–H and O–H groups in total. The molecule has 39 heavy (non-hydrogen) atoms. The van der Waals surface area contributed by atoms with Crippen LogP contribution in [0.1, 0.15) is 36.7 Å². The van der Waals surface area contributed by atoms with Crippen LogP contribution in [-0.4, -0.2) is 35.5 Å². The van der Waals surface area contributed by atoms with E-state index in [1.165, 1.54) is 18.0 Å². The van der Waals surface area contributed by atoms with Crippen LogP contribution < -0.4 is 20.3 Å². The van der Waals surface area contributed by atoms with Crippen LogP contribution in [-0.2, 0) is 11.2 Å². The molecular weight excluding hydrogens is 584 g/mol. The van der Waals surface area contributed by atoms with Crippen LogP contribution in [0.5, 0.6) is 11.5 Å². The topological polar surface area (TPSA) is 94.8 Å². The molecule has 0 radical (unpaired) electrons. The fourth-order valence-electron chi connectivity index (χ4n) is 3.89. The summed E-state index contributed by atoms with van der Waals surface area (Å²) >= 11 is 9.75. The molecule has 1 amide bonds. The van der Waals surface area contributed by atoms with E-state index >= 15 is 0 Å². The average molecular weight is 612 g/mol. The van der Waals surface area contributed by atoms with Crippen molar-refractivity contribution in [3.05, 3.63) is 91.4 Å². The van der Waals surface area contributed by atoms with Gasteiger partial charge in [0.2, 0.25) is 0 Å². The quantitative estimate of drug-likeness (QED) is 0.210. The van der Waals surface area contributed by atoms with E-state index < -0.39 is 0 Å². The van der Waals surface area contributed by atoms with Crippen LogP contribution in [0.2, 0.25) is 5.02 Å². The Morgan fingerprint density at radius 2 is 1.95 bits per heavy atom. The molecule has 0 spiro atoms. The lowest BCUT2D eigenvalue weighted by Crippen LogP contribution is -2.23. The Kier molecular flexibility index (Phi) is 9.37. The summed E-state index contributed by atoms with van der Waals surface area (Å²) in [5, 5.41) is 8.11. The van der Waals surface area contributed by atoms with Crippen molar-refractivity contribution in [3.8, 4) is 11.5 Å². The number of methoxy groups -OCH3 is 1. The molecule has 0 fully saturated rings. The minimum absolute atomic E-state index is 0.268. The molecule has 0 saturated heterocycles. The minimum Gasteiger partial charge on any atom is -0.493 e. The van der Waals surface area contributed by atoms with Crippen molar-refractivity contribution in [2.45, 2.75) is 33.1 Å². The van der Waals surface area contributed by atoms with Gasteiger partial charge in [-0.1, -0.05) is 58.6 Å². The molecule has 8 nitrogen and oxygen atoms in total. The second kappa shape index (κ2) is 12.9. The van der Waals surface area contributed by atoms with E-state index in [9.17, 15) is 9.59 Å². The molecule has 0 saturated carbocycles. The van der Waals surface area contributed by atoms with Gasteiger partial charge >= 0.3 is 0 Å². The molecular formula is C29H28BrClN4O4. The summed E-state index contributed by atoms with van der Waals surface area (Å²) in [5.74, 6) is 0.790. The maximum atomic E-state index is 13.4. The third kappa shape index (κ3) is 7.04. The molecule has 1 aromatic heterocycles. The largest absolute Gasteiger partial charge is 0.493 e. The van der Waals surface area contributed by atoms with Crippen molar-refractivity contribution in [1.82, 2.24) is 9.66 Å². The van der Waals surface area contributed by atoms with E-state index in [1.807, 2.05) is 37.3 Å². The van der Waals surface area contributed by atoms with E-state index in [-0.39, 0.29) is 23.8 Å². The third-order valence-electron chi connectivity index (χ3n) is 5.89. The molecule has 3 aromatic carbocycles. The van der Waals surface area contributed by atoms with Crippen molar-refractivity contribution in [1.29, 1.82) is 0 Å². The van der Waals surface area contributed by atoms with Gasteiger partial charge in [-0.2, -0.15) is 9.78 Å². The molecule has 0 aliphatic heterocycles. The summed E-state index contributed by atoms with van der Waals surface area (Å²) in [6, 6.07) is 16.0. The van der Waals surface area contributed by atoms with Crippen LogP contribution in [0.25, 0.3) is 10.9 Å². The number of nitrogens with zero attached hydrogens (tertiary/aromatic N) is 3. The van der Waals surface area contributed by atoms with Gasteiger partial charge in [-0.15, -0.1) is 0 Å². The second-order valence-corrected chi connectivity index (χ2v) is 10.2. The van der Waals surface area contributed by atoms with E-state index in [4.69, 9.17) is 26.1 Å². The second-order valence-electron chi connectivity index (χ2n) is 8.88. The maximum Gasteiger partial charge on any atom is 0.282 e. The first kappa shape index (κ1) is 28.3. The number of fused-ring (bicyclic) bond motifs is 1. The number of aryl methyl sites for hydroxylation is 2. The predicted octanol–water partition coefficient (Wildman–Crippen LogP) is 6.37. The van der Waals surface area contributed by atoms with Gasteiger partial charge in [0.25, 0.3) is 11.5 Å². The number of carbonyl (C=O) groups excluding carboxylic acids is 1. The van der Waals surface area contributed by atoms with Crippen molar-refractivity contribution in [2.75, 3.05) is 19.0 Å². The fraction of sp³-hybridized carbons (Fsp3) is 0.241. The lowest BCUT2D eigenvalue weighted by molar-refractivity contribution is -0.118. The van der Waals surface area contributed by atoms with Gasteiger partial charge in [0.15, 0.2) is 18.1 Å². The summed E-state index contributed by atoms with van der Waals surface area (Å²) in [6.45, 7) is 3.76. The Balaban J connectivity index is 1.68. The Hall–Kier alpha value is -3.69. The zero-order chi connectivity index (χ0) is 27.9. The molecule has 0 atom stereocenters. The van der Waals surface area contributed by atoms with Crippen molar-refractivity contribution >= 4 is 56.2 Å². The standard InChI is InChI=1S/C29H28BrClN4O4/c1-4-5-6-26-34-24-12-9-20(30)14-23(24)29(37)35(26)32-16-19-13-21(31)15-25(38-3)28(19)39-17-27(36)33-22-10-7-18(2)8-11-22/h7-16H,4-6,17H2,1-3H3,(H,33,36). The number of carbonyl (C=O) groups is 1. The summed E-state index contributed by atoms with van der Waals surface area (Å²) in [5.41, 5.74) is 2.50. The number of nitrogens with one attached hydrogen (secondary N) is 1. The molecule has 1 heterocycles. The number of halogens is 2. The highest BCUT2D eigenvalue weighted by atomic mass is 79.9. The summed E-state index contributed by atoms with van der Waals surface area (Å²) in [7, 11) is 1.48. The van der Waals surface area contributed by atoms with Crippen LogP contribution in [0.4, 0.5) is 5.69 Å². The Morgan fingerprint density at radius 3 is 2.67 bits per heavy atom. The van der Waals surface area contributed by atoms with Crippen LogP contribution >= 0.6 is 27.5 Å². The van der Waals surface area contributed by atoms with Crippen molar-refractivity contribution in [2.24, 2.45) is 5.10 Å². The number of anilines is 1. The molecule has 4 aromatic rings. The monoisotopic (exact) mass is 610 g/mol. The highest BCUT2D eigenvalue weighted by Crippen LogP contribution is 2.34. The van der Waals surface area contributed by atoms with E-state index in [2.05, 4.69) is 33.3 Å². The Labute approximate surface area is 239 Å². The third-order valence-corrected chi connectivity index (χ3v) is 6.60. The Bertz CT molecular complexity index is 1590. The zero-order valence-electron chi connectivity index (χ0n) is 21.8. The van der Waals surface area contributed by atoms with Crippen LogP contribution in [0.15, 0.2) is 69.0 Å². The predicted molar refractivity (Wildman–Crippen MR) is 159 cm³/mol. The summed E-state index contributed by atoms with van der Waals surface area (Å²) < 4.78 is 13.4. The number of unbranched alkanes of at least 4 members (excludes halogenated alkanes) is 1. The highest BCUT2D eigenvalue weighted by molar-refractivity contribution is 9.10. The number of amides is 1. The smallest absolute Gasteiger partial charge is 0.282 e. The number of hydrogen-bond acceptors (Lipinski definition) is 6. The van der Waals surface area contributed by atoms with Gasteiger partial charge in [-0.25, -0.2) is 4.98 Å². The molecule has 202 valence electrons.